The third kappa shape index (κ3) is 5.15. The molecule has 0 saturated heterocycles. The first-order chi connectivity index (χ1) is 14.1. The summed E-state index contributed by atoms with van der Waals surface area (Å²) in [4.78, 5) is 23.7. The Morgan fingerprint density at radius 3 is 2.21 bits per heavy atom. The van der Waals surface area contributed by atoms with E-state index in [0.717, 1.165) is 35.1 Å². The molecule has 2 N–H and O–H groups in total. The van der Waals surface area contributed by atoms with Gasteiger partial charge in [-0.25, -0.2) is 9.59 Å². The Morgan fingerprint density at radius 2 is 1.62 bits per heavy atom. The maximum atomic E-state index is 12.3. The molecule has 154 valence electrons. The first kappa shape index (κ1) is 20.9. The van der Waals surface area contributed by atoms with Gasteiger partial charge < -0.3 is 19.9 Å². The Morgan fingerprint density at radius 1 is 1.00 bits per heavy atom. The van der Waals surface area contributed by atoms with E-state index in [-0.39, 0.29) is 12.5 Å². The average Bonchev–Trinajstić information content (AvgIpc) is 3.05. The number of rotatable bonds is 10. The number of unbranched alkanes of at least 4 members (excludes halogenated alkanes) is 2. The molecule has 0 aromatic heterocycles. The van der Waals surface area contributed by atoms with Crippen LogP contribution in [0.1, 0.15) is 42.7 Å². The number of carbonyl (C=O) groups is 2. The van der Waals surface area contributed by atoms with Gasteiger partial charge in [-0.2, -0.15) is 0 Å². The molecule has 0 unspecified atom stereocenters. The summed E-state index contributed by atoms with van der Waals surface area (Å²) in [6, 6.07) is 15.2. The van der Waals surface area contributed by atoms with Crippen LogP contribution in [0.5, 0.6) is 0 Å². The van der Waals surface area contributed by atoms with E-state index >= 15 is 0 Å². The van der Waals surface area contributed by atoms with Crippen LogP contribution in [0.4, 0.5) is 4.79 Å². The summed E-state index contributed by atoms with van der Waals surface area (Å²) >= 11 is 0. The van der Waals surface area contributed by atoms with Crippen molar-refractivity contribution in [3.05, 3.63) is 59.7 Å². The Kier molecular flexibility index (Phi) is 7.25. The van der Waals surface area contributed by atoms with Crippen LogP contribution in [-0.2, 0) is 14.3 Å². The molecule has 1 aliphatic rings. The summed E-state index contributed by atoms with van der Waals surface area (Å²) < 4.78 is 10.4. The molecule has 1 amide bonds. The molecule has 6 heteroatoms. The van der Waals surface area contributed by atoms with Gasteiger partial charge in [-0.3, -0.25) is 0 Å². The number of aliphatic carboxylic acids is 1. The number of carboxylic acid groups (broad SMARTS) is 1. The van der Waals surface area contributed by atoms with E-state index in [4.69, 9.17) is 9.47 Å². The van der Waals surface area contributed by atoms with Gasteiger partial charge >= 0.3 is 12.1 Å². The third-order valence-electron chi connectivity index (χ3n) is 5.28. The third-order valence-corrected chi connectivity index (χ3v) is 5.28. The lowest BCUT2D eigenvalue weighted by atomic mass is 9.98. The lowest BCUT2D eigenvalue weighted by molar-refractivity contribution is -0.139. The van der Waals surface area contributed by atoms with Crippen LogP contribution in [0.2, 0.25) is 0 Å². The lowest BCUT2D eigenvalue weighted by Gasteiger charge is -2.17. The number of fused-ring (bicyclic) bond motifs is 3. The van der Waals surface area contributed by atoms with E-state index in [1.54, 1.807) is 7.11 Å². The van der Waals surface area contributed by atoms with E-state index in [1.165, 1.54) is 0 Å². The van der Waals surface area contributed by atoms with Crippen molar-refractivity contribution < 1.29 is 24.2 Å². The van der Waals surface area contributed by atoms with Crippen molar-refractivity contribution in [2.45, 2.75) is 37.6 Å². The summed E-state index contributed by atoms with van der Waals surface area (Å²) in [6.45, 7) is 0.817. The van der Waals surface area contributed by atoms with Crippen LogP contribution >= 0.6 is 0 Å². The summed E-state index contributed by atoms with van der Waals surface area (Å²) in [5.41, 5.74) is 4.54. The van der Waals surface area contributed by atoms with Crippen molar-refractivity contribution in [3.8, 4) is 11.1 Å². The largest absolute Gasteiger partial charge is 0.480 e. The second-order valence-corrected chi connectivity index (χ2v) is 7.20. The summed E-state index contributed by atoms with van der Waals surface area (Å²) in [5.74, 6) is -1.10. The van der Waals surface area contributed by atoms with Gasteiger partial charge in [0.2, 0.25) is 0 Å². The quantitative estimate of drug-likeness (QED) is 0.588. The van der Waals surface area contributed by atoms with Gasteiger partial charge in [-0.15, -0.1) is 0 Å². The van der Waals surface area contributed by atoms with Crippen molar-refractivity contribution in [2.75, 3.05) is 20.3 Å². The first-order valence-electron chi connectivity index (χ1n) is 9.95. The Labute approximate surface area is 170 Å². The van der Waals surface area contributed by atoms with Gasteiger partial charge in [0.1, 0.15) is 12.6 Å². The number of nitrogens with one attached hydrogen (secondary N) is 1. The zero-order valence-electron chi connectivity index (χ0n) is 16.6. The minimum atomic E-state index is -1.05. The monoisotopic (exact) mass is 397 g/mol. The van der Waals surface area contributed by atoms with Crippen molar-refractivity contribution in [1.82, 2.24) is 5.32 Å². The normalized spacial score (nSPS) is 13.4. The van der Waals surface area contributed by atoms with E-state index in [1.807, 2.05) is 36.4 Å². The number of carboxylic acids is 1. The van der Waals surface area contributed by atoms with Gasteiger partial charge in [0, 0.05) is 19.6 Å². The number of ether oxygens (including phenoxy) is 2. The molecule has 6 nitrogen and oxygen atoms in total. The van der Waals surface area contributed by atoms with Crippen LogP contribution in [0.25, 0.3) is 11.1 Å². The summed E-state index contributed by atoms with van der Waals surface area (Å²) in [7, 11) is 1.64. The number of methoxy groups -OCH3 is 1. The van der Waals surface area contributed by atoms with Crippen LogP contribution in [0.3, 0.4) is 0 Å². The minimum Gasteiger partial charge on any atom is -0.480 e. The van der Waals surface area contributed by atoms with Gasteiger partial charge in [0.15, 0.2) is 0 Å². The molecule has 1 atom stereocenters. The van der Waals surface area contributed by atoms with E-state index in [0.29, 0.717) is 19.4 Å². The Balaban J connectivity index is 1.56. The Bertz CT molecular complexity index is 805. The molecule has 0 fully saturated rings. The Hall–Kier alpha value is -2.86. The minimum absolute atomic E-state index is 0.0505. The number of amides is 1. The van der Waals surface area contributed by atoms with Crippen molar-refractivity contribution in [3.63, 3.8) is 0 Å². The van der Waals surface area contributed by atoms with Gasteiger partial charge in [0.05, 0.1) is 0 Å². The molecule has 0 saturated carbocycles. The number of alkyl carbamates (subject to hydrolysis) is 1. The van der Waals surface area contributed by atoms with Crippen molar-refractivity contribution in [2.24, 2.45) is 0 Å². The highest BCUT2D eigenvalue weighted by Crippen LogP contribution is 2.44. The molecular formula is C23H27NO5. The number of benzene rings is 2. The fraction of sp³-hybridized carbons (Fsp3) is 0.391. The molecule has 1 aliphatic carbocycles. The van der Waals surface area contributed by atoms with E-state index in [9.17, 15) is 14.7 Å². The maximum absolute atomic E-state index is 12.3. The molecular weight excluding hydrogens is 370 g/mol. The van der Waals surface area contributed by atoms with Crippen LogP contribution in [0.15, 0.2) is 48.5 Å². The molecule has 0 heterocycles. The molecule has 0 radical (unpaired) electrons. The molecule has 3 rings (SSSR count). The van der Waals surface area contributed by atoms with Crippen LogP contribution < -0.4 is 5.32 Å². The molecule has 0 aliphatic heterocycles. The molecule has 2 aromatic carbocycles. The summed E-state index contributed by atoms with van der Waals surface area (Å²) in [5, 5.41) is 11.9. The van der Waals surface area contributed by atoms with E-state index in [2.05, 4.69) is 17.4 Å². The van der Waals surface area contributed by atoms with Crippen molar-refractivity contribution in [1.29, 1.82) is 0 Å². The highest BCUT2D eigenvalue weighted by molar-refractivity contribution is 5.81. The predicted octanol–water partition coefficient (Wildman–Crippen LogP) is 4.19. The first-order valence-corrected chi connectivity index (χ1v) is 9.95. The molecule has 0 spiro atoms. The number of carbonyl (C=O) groups excluding carboxylic acids is 1. The van der Waals surface area contributed by atoms with Crippen molar-refractivity contribution >= 4 is 12.1 Å². The smallest absolute Gasteiger partial charge is 0.407 e. The molecule has 29 heavy (non-hydrogen) atoms. The maximum Gasteiger partial charge on any atom is 0.407 e. The van der Waals surface area contributed by atoms with Crippen LogP contribution in [0, 0.1) is 0 Å². The fourth-order valence-corrected chi connectivity index (χ4v) is 3.81. The SMILES string of the molecule is COCCCCC[C@H](NC(=O)OCC1c2ccccc2-c2ccccc21)C(=O)O. The van der Waals surface area contributed by atoms with E-state index < -0.39 is 18.1 Å². The highest BCUT2D eigenvalue weighted by Gasteiger charge is 2.29. The standard InChI is InChI=1S/C23H27NO5/c1-28-14-8-2-3-13-21(22(25)26)24-23(27)29-15-20-18-11-6-4-9-16(18)17-10-5-7-12-19(17)20/h4-7,9-12,20-21H,2-3,8,13-15H2,1H3,(H,24,27)(H,25,26)/t21-/m0/s1. The number of hydrogen-bond acceptors (Lipinski definition) is 4. The number of hydrogen-bond donors (Lipinski definition) is 2. The second kappa shape index (κ2) is 10.1. The molecule has 2 aromatic rings. The second-order valence-electron chi connectivity index (χ2n) is 7.20. The fourth-order valence-electron chi connectivity index (χ4n) is 3.81. The molecule has 0 bridgehead atoms. The zero-order chi connectivity index (χ0) is 20.6. The average molecular weight is 397 g/mol. The highest BCUT2D eigenvalue weighted by atomic mass is 16.5. The van der Waals surface area contributed by atoms with Crippen LogP contribution in [-0.4, -0.2) is 43.5 Å². The topological polar surface area (TPSA) is 84.9 Å². The zero-order valence-corrected chi connectivity index (χ0v) is 16.6. The summed E-state index contributed by atoms with van der Waals surface area (Å²) in [6.07, 6.45) is 2.08. The predicted molar refractivity (Wildman–Crippen MR) is 110 cm³/mol. The van der Waals surface area contributed by atoms with Gasteiger partial charge in [0.25, 0.3) is 0 Å². The lowest BCUT2D eigenvalue weighted by Crippen LogP contribution is -2.41. The van der Waals surface area contributed by atoms with Gasteiger partial charge in [-0.05, 0) is 35.1 Å². The van der Waals surface area contributed by atoms with Gasteiger partial charge in [-0.1, -0.05) is 61.4 Å².